The second-order valence-electron chi connectivity index (χ2n) is 4.86. The molecular weight excluding hydrogens is 274 g/mol. The predicted octanol–water partition coefficient (Wildman–Crippen LogP) is -0.338. The van der Waals surface area contributed by atoms with Crippen LogP contribution in [0.4, 0.5) is 0 Å². The number of imidazole rings is 1. The fourth-order valence-electron chi connectivity index (χ4n) is 2.29. The van der Waals surface area contributed by atoms with E-state index in [1.54, 1.807) is 18.0 Å². The highest BCUT2D eigenvalue weighted by Gasteiger charge is 2.13. The third-order valence-electron chi connectivity index (χ3n) is 3.34. The number of aromatic nitrogens is 4. The second-order valence-corrected chi connectivity index (χ2v) is 4.86. The average molecular weight is 295 g/mol. The first kappa shape index (κ1) is 15.5. The number of aromatic amines is 1. The number of nitrogens with one attached hydrogen (secondary N) is 1. The molecule has 0 atom stereocenters. The molecule has 0 bridgehead atoms. The van der Waals surface area contributed by atoms with Crippen molar-refractivity contribution in [1.29, 1.82) is 0 Å². The average Bonchev–Trinajstić information content (AvgIpc) is 2.87. The molecule has 0 aromatic carbocycles. The molecule has 2 aromatic heterocycles. The number of H-pyrrole nitrogens is 1. The van der Waals surface area contributed by atoms with Crippen molar-refractivity contribution in [2.75, 3.05) is 20.3 Å². The van der Waals surface area contributed by atoms with Gasteiger partial charge in [-0.1, -0.05) is 0 Å². The summed E-state index contributed by atoms with van der Waals surface area (Å²) in [5, 5.41) is 0. The normalized spacial score (nSPS) is 11.3. The van der Waals surface area contributed by atoms with E-state index in [1.807, 2.05) is 0 Å². The van der Waals surface area contributed by atoms with E-state index in [-0.39, 0.29) is 0 Å². The van der Waals surface area contributed by atoms with E-state index in [4.69, 9.17) is 10.5 Å². The number of rotatable bonds is 8. The number of hydrogen-bond donors (Lipinski definition) is 2. The molecule has 0 aliphatic heterocycles. The maximum atomic E-state index is 12.0. The maximum Gasteiger partial charge on any atom is 0.330 e. The van der Waals surface area contributed by atoms with Gasteiger partial charge >= 0.3 is 5.69 Å². The molecular formula is C13H21N5O3. The molecule has 0 fully saturated rings. The number of hydrogen-bond acceptors (Lipinski definition) is 5. The van der Waals surface area contributed by atoms with Gasteiger partial charge in [-0.05, 0) is 25.8 Å². The zero-order valence-corrected chi connectivity index (χ0v) is 12.2. The van der Waals surface area contributed by atoms with E-state index in [1.165, 1.54) is 4.57 Å². The van der Waals surface area contributed by atoms with Crippen molar-refractivity contribution in [2.45, 2.75) is 32.4 Å². The highest BCUT2D eigenvalue weighted by Crippen LogP contribution is 2.08. The summed E-state index contributed by atoms with van der Waals surface area (Å²) in [6.07, 6.45) is 4.02. The Kier molecular flexibility index (Phi) is 5.29. The highest BCUT2D eigenvalue weighted by molar-refractivity contribution is 5.69. The zero-order valence-electron chi connectivity index (χ0n) is 12.2. The van der Waals surface area contributed by atoms with Crippen molar-refractivity contribution < 1.29 is 4.74 Å². The number of aryl methyl sites for hydroxylation is 2. The van der Waals surface area contributed by atoms with Crippen LogP contribution in [0.5, 0.6) is 0 Å². The Morgan fingerprint density at radius 2 is 2.10 bits per heavy atom. The molecule has 3 N–H and O–H groups in total. The molecule has 0 spiro atoms. The Morgan fingerprint density at radius 1 is 1.29 bits per heavy atom. The van der Waals surface area contributed by atoms with Gasteiger partial charge in [-0.3, -0.25) is 14.3 Å². The third-order valence-corrected chi connectivity index (χ3v) is 3.34. The van der Waals surface area contributed by atoms with Gasteiger partial charge < -0.3 is 15.0 Å². The summed E-state index contributed by atoms with van der Waals surface area (Å²) in [6.45, 7) is 2.28. The monoisotopic (exact) mass is 295 g/mol. The van der Waals surface area contributed by atoms with Gasteiger partial charge in [0.1, 0.15) is 0 Å². The van der Waals surface area contributed by atoms with Crippen LogP contribution in [0.25, 0.3) is 11.2 Å². The summed E-state index contributed by atoms with van der Waals surface area (Å²) in [7, 11) is 1.61. The molecule has 8 nitrogen and oxygen atoms in total. The third kappa shape index (κ3) is 3.40. The summed E-state index contributed by atoms with van der Waals surface area (Å²) < 4.78 is 8.24. The summed E-state index contributed by atoms with van der Waals surface area (Å²) in [5.74, 6) is 0. The highest BCUT2D eigenvalue weighted by atomic mass is 16.5. The van der Waals surface area contributed by atoms with Crippen LogP contribution in [-0.4, -0.2) is 39.4 Å². The lowest BCUT2D eigenvalue weighted by Crippen LogP contribution is -2.31. The first-order valence-corrected chi connectivity index (χ1v) is 7.06. The predicted molar refractivity (Wildman–Crippen MR) is 79.4 cm³/mol. The van der Waals surface area contributed by atoms with Crippen LogP contribution >= 0.6 is 0 Å². The van der Waals surface area contributed by atoms with Gasteiger partial charge in [-0.25, -0.2) is 9.78 Å². The van der Waals surface area contributed by atoms with E-state index in [2.05, 4.69) is 9.97 Å². The van der Waals surface area contributed by atoms with Crippen molar-refractivity contribution in [2.24, 2.45) is 5.73 Å². The Bertz CT molecular complexity index is 700. The topological polar surface area (TPSA) is 108 Å². The lowest BCUT2D eigenvalue weighted by molar-refractivity contribution is 0.190. The van der Waals surface area contributed by atoms with Gasteiger partial charge in [0, 0.05) is 26.8 Å². The number of nitrogens with two attached hydrogens (primary N) is 1. The molecule has 0 radical (unpaired) electrons. The van der Waals surface area contributed by atoms with Crippen LogP contribution in [0.1, 0.15) is 19.3 Å². The number of methoxy groups -OCH3 is 1. The molecule has 2 heterocycles. The molecule has 2 rings (SSSR count). The summed E-state index contributed by atoms with van der Waals surface area (Å²) >= 11 is 0. The molecule has 0 amide bonds. The molecule has 0 unspecified atom stereocenters. The fourth-order valence-corrected chi connectivity index (χ4v) is 2.29. The molecule has 0 saturated carbocycles. The fraction of sp³-hybridized carbons (Fsp3) is 0.615. The number of unbranched alkanes of at least 4 members (excludes halogenated alkanes) is 1. The van der Waals surface area contributed by atoms with Crippen molar-refractivity contribution in [3.8, 4) is 0 Å². The Hall–Kier alpha value is -1.93. The number of fused-ring (bicyclic) bond motifs is 1. The van der Waals surface area contributed by atoms with E-state index >= 15 is 0 Å². The SMILES string of the molecule is COCCCn1c(=O)[nH]c(=O)c2c1ncn2CCCCN. The number of nitrogens with zero attached hydrogens (tertiary/aromatic N) is 3. The Labute approximate surface area is 121 Å². The molecule has 8 heteroatoms. The van der Waals surface area contributed by atoms with Crippen molar-refractivity contribution in [3.05, 3.63) is 27.2 Å². The van der Waals surface area contributed by atoms with Gasteiger partial charge in [0.2, 0.25) is 0 Å². The van der Waals surface area contributed by atoms with Gasteiger partial charge in [-0.2, -0.15) is 0 Å². The van der Waals surface area contributed by atoms with E-state index in [0.29, 0.717) is 43.8 Å². The Morgan fingerprint density at radius 3 is 2.81 bits per heavy atom. The van der Waals surface area contributed by atoms with E-state index < -0.39 is 11.2 Å². The molecule has 21 heavy (non-hydrogen) atoms. The largest absolute Gasteiger partial charge is 0.385 e. The quantitative estimate of drug-likeness (QED) is 0.648. The molecule has 116 valence electrons. The Balaban J connectivity index is 2.37. The molecule has 0 aliphatic rings. The minimum Gasteiger partial charge on any atom is -0.385 e. The van der Waals surface area contributed by atoms with Gasteiger partial charge in [0.05, 0.1) is 6.33 Å². The minimum absolute atomic E-state index is 0.400. The molecule has 0 saturated heterocycles. The van der Waals surface area contributed by atoms with Crippen molar-refractivity contribution in [1.82, 2.24) is 19.1 Å². The molecule has 0 aliphatic carbocycles. The first-order chi connectivity index (χ1) is 10.2. The number of ether oxygens (including phenoxy) is 1. The van der Waals surface area contributed by atoms with E-state index in [9.17, 15) is 9.59 Å². The van der Waals surface area contributed by atoms with Gasteiger partial charge in [0.15, 0.2) is 11.2 Å². The molecule has 2 aromatic rings. The van der Waals surface area contributed by atoms with Crippen molar-refractivity contribution in [3.63, 3.8) is 0 Å². The van der Waals surface area contributed by atoms with Crippen LogP contribution in [0.15, 0.2) is 15.9 Å². The summed E-state index contributed by atoms with van der Waals surface area (Å²) in [5.41, 5.74) is 5.50. The van der Waals surface area contributed by atoms with Crippen molar-refractivity contribution >= 4 is 11.2 Å². The van der Waals surface area contributed by atoms with Gasteiger partial charge in [-0.15, -0.1) is 0 Å². The minimum atomic E-state index is -0.434. The maximum absolute atomic E-state index is 12.0. The first-order valence-electron chi connectivity index (χ1n) is 7.06. The van der Waals surface area contributed by atoms with E-state index in [0.717, 1.165) is 12.8 Å². The van der Waals surface area contributed by atoms with Crippen LogP contribution in [0, 0.1) is 0 Å². The van der Waals surface area contributed by atoms with Crippen LogP contribution in [-0.2, 0) is 17.8 Å². The summed E-state index contributed by atoms with van der Waals surface area (Å²) in [4.78, 5) is 30.5. The van der Waals surface area contributed by atoms with Crippen LogP contribution in [0.2, 0.25) is 0 Å². The summed E-state index contributed by atoms with van der Waals surface area (Å²) in [6, 6.07) is 0. The van der Waals surface area contributed by atoms with Crippen LogP contribution in [0.3, 0.4) is 0 Å². The van der Waals surface area contributed by atoms with Crippen LogP contribution < -0.4 is 17.0 Å². The zero-order chi connectivity index (χ0) is 15.2. The second kappa shape index (κ2) is 7.19. The van der Waals surface area contributed by atoms with Gasteiger partial charge in [0.25, 0.3) is 5.56 Å². The smallest absolute Gasteiger partial charge is 0.330 e. The lowest BCUT2D eigenvalue weighted by Gasteiger charge is -2.07. The lowest BCUT2D eigenvalue weighted by atomic mass is 10.3. The standard InChI is InChI=1S/C13H21N5O3/c1-21-8-4-7-18-11-10(12(19)16-13(18)20)17(9-15-11)6-3-2-5-14/h9H,2-8,14H2,1H3,(H,16,19,20).